The van der Waals surface area contributed by atoms with E-state index in [2.05, 4.69) is 9.97 Å². The van der Waals surface area contributed by atoms with E-state index in [4.69, 9.17) is 0 Å². The summed E-state index contributed by atoms with van der Waals surface area (Å²) in [6, 6.07) is 6.30. The quantitative estimate of drug-likeness (QED) is 0.510. The molecule has 0 saturated heterocycles. The fraction of sp³-hybridized carbons (Fsp3) is 0.368. The molecule has 0 atom stereocenters. The molecule has 6 nitrogen and oxygen atoms in total. The molecular formula is C19H21FN4O2S. The molecule has 1 aromatic carbocycles. The van der Waals surface area contributed by atoms with Crippen LogP contribution in [-0.4, -0.2) is 19.1 Å². The van der Waals surface area contributed by atoms with Gasteiger partial charge in [0.05, 0.1) is 0 Å². The van der Waals surface area contributed by atoms with Crippen LogP contribution in [0.5, 0.6) is 0 Å². The Morgan fingerprint density at radius 2 is 1.81 bits per heavy atom. The van der Waals surface area contributed by atoms with Gasteiger partial charge < -0.3 is 0 Å². The lowest BCUT2D eigenvalue weighted by atomic mass is 9.96. The fourth-order valence-corrected chi connectivity index (χ4v) is 3.60. The summed E-state index contributed by atoms with van der Waals surface area (Å²) in [5, 5.41) is 0.791. The van der Waals surface area contributed by atoms with Gasteiger partial charge in [-0.25, -0.2) is 19.2 Å². The Morgan fingerprint density at radius 1 is 1.11 bits per heavy atom. The number of rotatable bonds is 3. The van der Waals surface area contributed by atoms with Crippen LogP contribution in [0.3, 0.4) is 0 Å². The molecule has 0 radical (unpaired) electrons. The molecule has 0 spiro atoms. The first-order valence-corrected chi connectivity index (χ1v) is 9.43. The molecule has 142 valence electrons. The van der Waals surface area contributed by atoms with Crippen molar-refractivity contribution in [1.82, 2.24) is 19.1 Å². The van der Waals surface area contributed by atoms with E-state index in [0.29, 0.717) is 27.6 Å². The fourth-order valence-electron chi connectivity index (χ4n) is 2.65. The van der Waals surface area contributed by atoms with Crippen molar-refractivity contribution in [3.05, 3.63) is 62.3 Å². The van der Waals surface area contributed by atoms with E-state index in [1.807, 2.05) is 26.8 Å². The minimum absolute atomic E-state index is 0.300. The highest BCUT2D eigenvalue weighted by molar-refractivity contribution is 7.98. The smallest absolute Gasteiger partial charge is 0.280 e. The van der Waals surface area contributed by atoms with Crippen molar-refractivity contribution in [3.63, 3.8) is 0 Å². The molecule has 2 heterocycles. The van der Waals surface area contributed by atoms with E-state index in [1.54, 1.807) is 13.1 Å². The van der Waals surface area contributed by atoms with Crippen molar-refractivity contribution in [2.24, 2.45) is 14.1 Å². The molecule has 27 heavy (non-hydrogen) atoms. The summed E-state index contributed by atoms with van der Waals surface area (Å²) in [4.78, 5) is 34.2. The van der Waals surface area contributed by atoms with Crippen molar-refractivity contribution < 1.29 is 4.39 Å². The van der Waals surface area contributed by atoms with Crippen molar-refractivity contribution in [3.8, 4) is 0 Å². The summed E-state index contributed by atoms with van der Waals surface area (Å²) >= 11 is 1.33. The van der Waals surface area contributed by atoms with Crippen LogP contribution in [0.2, 0.25) is 0 Å². The molecule has 2 aromatic heterocycles. The third-order valence-electron chi connectivity index (χ3n) is 4.20. The summed E-state index contributed by atoms with van der Waals surface area (Å²) in [6.07, 6.45) is 0. The lowest BCUT2D eigenvalue weighted by molar-refractivity contribution is 0.539. The maximum atomic E-state index is 13.5. The van der Waals surface area contributed by atoms with E-state index in [1.165, 1.54) is 35.5 Å². The minimum Gasteiger partial charge on any atom is -0.280 e. The molecule has 0 fully saturated rings. The van der Waals surface area contributed by atoms with Gasteiger partial charge in [-0.05, 0) is 17.7 Å². The molecule has 0 amide bonds. The molecule has 0 N–H and O–H groups in total. The van der Waals surface area contributed by atoms with Crippen LogP contribution in [0.1, 0.15) is 32.2 Å². The summed E-state index contributed by atoms with van der Waals surface area (Å²) in [5.74, 6) is 0.675. The number of fused-ring (bicyclic) bond motifs is 1. The highest BCUT2D eigenvalue weighted by Gasteiger charge is 2.23. The van der Waals surface area contributed by atoms with E-state index in [-0.39, 0.29) is 11.2 Å². The van der Waals surface area contributed by atoms with Crippen LogP contribution in [0.25, 0.3) is 11.0 Å². The second-order valence-corrected chi connectivity index (χ2v) is 8.39. The largest absolute Gasteiger partial charge is 0.332 e. The van der Waals surface area contributed by atoms with Gasteiger partial charge in [0.25, 0.3) is 5.56 Å². The Bertz CT molecular complexity index is 1150. The first-order chi connectivity index (χ1) is 12.6. The zero-order valence-electron chi connectivity index (χ0n) is 15.9. The van der Waals surface area contributed by atoms with Gasteiger partial charge in [0, 0.05) is 25.3 Å². The van der Waals surface area contributed by atoms with Gasteiger partial charge in [-0.15, -0.1) is 11.8 Å². The second-order valence-electron chi connectivity index (χ2n) is 7.43. The molecule has 0 aliphatic carbocycles. The summed E-state index contributed by atoms with van der Waals surface area (Å²) in [7, 11) is 3.02. The zero-order chi connectivity index (χ0) is 19.9. The van der Waals surface area contributed by atoms with Gasteiger partial charge in [0.1, 0.15) is 22.1 Å². The van der Waals surface area contributed by atoms with Crippen LogP contribution < -0.4 is 11.2 Å². The van der Waals surface area contributed by atoms with Gasteiger partial charge >= 0.3 is 5.69 Å². The molecule has 0 saturated carbocycles. The summed E-state index contributed by atoms with van der Waals surface area (Å²) in [6.45, 7) is 5.90. The number of aromatic nitrogens is 4. The van der Waals surface area contributed by atoms with Gasteiger partial charge in [-0.1, -0.05) is 32.9 Å². The molecule has 0 bridgehead atoms. The lowest BCUT2D eigenvalue weighted by Gasteiger charge is -2.19. The van der Waals surface area contributed by atoms with Crippen molar-refractivity contribution in [2.75, 3.05) is 0 Å². The van der Waals surface area contributed by atoms with Crippen LogP contribution >= 0.6 is 11.8 Å². The maximum absolute atomic E-state index is 13.5. The van der Waals surface area contributed by atoms with Crippen molar-refractivity contribution >= 4 is 22.8 Å². The van der Waals surface area contributed by atoms with Crippen LogP contribution in [-0.2, 0) is 25.3 Å². The highest BCUT2D eigenvalue weighted by Crippen LogP contribution is 2.29. The average Bonchev–Trinajstić information content (AvgIpc) is 2.61. The number of aryl methyl sites for hydroxylation is 1. The number of benzene rings is 1. The normalized spacial score (nSPS) is 11.9. The molecule has 0 aliphatic heterocycles. The zero-order valence-corrected chi connectivity index (χ0v) is 16.7. The topological polar surface area (TPSA) is 69.8 Å². The third kappa shape index (κ3) is 3.66. The standard InChI is InChI=1S/C19H21FN4O2S/c1-19(2,3)17-21-14-13(16(25)24(5)18(26)23(14)4)15(22-17)27-10-11-7-6-8-12(20)9-11/h6-9H,10H2,1-5H3. The van der Waals surface area contributed by atoms with E-state index in [9.17, 15) is 14.0 Å². The van der Waals surface area contributed by atoms with E-state index >= 15 is 0 Å². The monoisotopic (exact) mass is 388 g/mol. The predicted octanol–water partition coefficient (Wildman–Crippen LogP) is 2.76. The Kier molecular flexibility index (Phi) is 4.94. The Morgan fingerprint density at radius 3 is 2.44 bits per heavy atom. The Balaban J connectivity index is 2.22. The van der Waals surface area contributed by atoms with Crippen LogP contribution in [0.15, 0.2) is 38.9 Å². The summed E-state index contributed by atoms with van der Waals surface area (Å²) < 4.78 is 15.9. The summed E-state index contributed by atoms with van der Waals surface area (Å²) in [5.41, 5.74) is -0.141. The lowest BCUT2D eigenvalue weighted by Crippen LogP contribution is -2.38. The second kappa shape index (κ2) is 6.92. The molecular weight excluding hydrogens is 367 g/mol. The average molecular weight is 388 g/mol. The first kappa shape index (κ1) is 19.3. The number of halogens is 1. The van der Waals surface area contributed by atoms with Gasteiger partial charge in [-0.2, -0.15) is 0 Å². The van der Waals surface area contributed by atoms with E-state index in [0.717, 1.165) is 10.1 Å². The van der Waals surface area contributed by atoms with Crippen molar-refractivity contribution in [1.29, 1.82) is 0 Å². The van der Waals surface area contributed by atoms with Crippen molar-refractivity contribution in [2.45, 2.75) is 37.0 Å². The van der Waals surface area contributed by atoms with Crippen LogP contribution in [0, 0.1) is 5.82 Å². The Labute approximate surface area is 160 Å². The predicted molar refractivity (Wildman–Crippen MR) is 105 cm³/mol. The Hall–Kier alpha value is -2.48. The molecule has 8 heteroatoms. The highest BCUT2D eigenvalue weighted by atomic mass is 32.2. The minimum atomic E-state index is -0.438. The van der Waals surface area contributed by atoms with Gasteiger partial charge in [0.2, 0.25) is 0 Å². The first-order valence-electron chi connectivity index (χ1n) is 8.45. The molecule has 0 aliphatic rings. The van der Waals surface area contributed by atoms with Gasteiger partial charge in [0.15, 0.2) is 5.65 Å². The number of nitrogens with zero attached hydrogens (tertiary/aromatic N) is 4. The SMILES string of the molecule is Cn1c(=O)c2c(SCc3cccc(F)c3)nc(C(C)(C)C)nc2n(C)c1=O. The molecule has 3 aromatic rings. The third-order valence-corrected chi connectivity index (χ3v) is 5.25. The number of thioether (sulfide) groups is 1. The number of hydrogen-bond acceptors (Lipinski definition) is 5. The van der Waals surface area contributed by atoms with Gasteiger partial charge in [-0.3, -0.25) is 13.9 Å². The van der Waals surface area contributed by atoms with E-state index < -0.39 is 11.2 Å². The molecule has 3 rings (SSSR count). The molecule has 0 unspecified atom stereocenters. The number of hydrogen-bond donors (Lipinski definition) is 0. The van der Waals surface area contributed by atoms with Crippen LogP contribution in [0.4, 0.5) is 4.39 Å². The maximum Gasteiger partial charge on any atom is 0.332 e.